The third-order valence-corrected chi connectivity index (χ3v) is 5.10. The maximum Gasteiger partial charge on any atom is -0.0143 e. The highest BCUT2D eigenvalue weighted by atomic mass is 14.2. The zero-order chi connectivity index (χ0) is 13.7. The zero-order valence-corrected chi connectivity index (χ0v) is 12.3. The molecule has 0 amide bonds. The molecule has 0 N–H and O–H groups in total. The Morgan fingerprint density at radius 3 is 2.60 bits per heavy atom. The van der Waals surface area contributed by atoms with E-state index in [-0.39, 0.29) is 0 Å². The van der Waals surface area contributed by atoms with Gasteiger partial charge < -0.3 is 0 Å². The van der Waals surface area contributed by atoms with Crippen LogP contribution in [0.5, 0.6) is 0 Å². The number of allylic oxidation sites excluding steroid dienone is 4. The number of hydrogen-bond acceptors (Lipinski definition) is 0. The quantitative estimate of drug-likeness (QED) is 0.586. The molecule has 2 aliphatic rings. The van der Waals surface area contributed by atoms with Crippen molar-refractivity contribution in [3.63, 3.8) is 0 Å². The smallest absolute Gasteiger partial charge is 0.0143 e. The average molecular weight is 260 g/mol. The van der Waals surface area contributed by atoms with Crippen LogP contribution in [0.3, 0.4) is 0 Å². The molecule has 0 saturated heterocycles. The van der Waals surface area contributed by atoms with E-state index in [0.29, 0.717) is 0 Å². The molecule has 0 aliphatic heterocycles. The molecule has 0 saturated carbocycles. The van der Waals surface area contributed by atoms with Crippen LogP contribution in [-0.4, -0.2) is 0 Å². The van der Waals surface area contributed by atoms with E-state index in [1.54, 1.807) is 11.1 Å². The van der Waals surface area contributed by atoms with Crippen molar-refractivity contribution in [1.29, 1.82) is 0 Å². The van der Waals surface area contributed by atoms with Gasteiger partial charge in [-0.25, -0.2) is 0 Å². The Balaban J connectivity index is 2.03. The van der Waals surface area contributed by atoms with Gasteiger partial charge in [-0.05, 0) is 78.1 Å². The van der Waals surface area contributed by atoms with E-state index in [2.05, 4.69) is 50.3 Å². The lowest BCUT2D eigenvalue weighted by atomic mass is 9.79. The Morgan fingerprint density at radius 1 is 0.850 bits per heavy atom. The molecule has 0 heterocycles. The molecule has 0 heteroatoms. The first-order valence-electron chi connectivity index (χ1n) is 7.66. The lowest BCUT2D eigenvalue weighted by Gasteiger charge is -2.26. The molecule has 0 bridgehead atoms. The first-order valence-corrected chi connectivity index (χ1v) is 7.66. The first-order chi connectivity index (χ1) is 9.75. The van der Waals surface area contributed by atoms with Crippen LogP contribution in [0.4, 0.5) is 0 Å². The lowest BCUT2D eigenvalue weighted by Crippen LogP contribution is -2.07. The molecular formula is C20H20. The van der Waals surface area contributed by atoms with E-state index in [1.807, 2.05) is 0 Å². The molecule has 0 fully saturated rings. The van der Waals surface area contributed by atoms with Crippen LogP contribution in [0, 0.1) is 13.8 Å². The number of benzene rings is 2. The fourth-order valence-corrected chi connectivity index (χ4v) is 3.78. The Kier molecular flexibility index (Phi) is 2.60. The monoisotopic (exact) mass is 260 g/mol. The third-order valence-electron chi connectivity index (χ3n) is 5.10. The predicted molar refractivity (Wildman–Crippen MR) is 87.0 cm³/mol. The molecule has 20 heavy (non-hydrogen) atoms. The molecule has 0 nitrogen and oxygen atoms in total. The highest BCUT2D eigenvalue weighted by molar-refractivity contribution is 5.95. The molecule has 2 aromatic carbocycles. The SMILES string of the molecule is Cc1ccc2c3c(ccc2c1C)C1=C(CCC=C1)CC3. The normalized spacial score (nSPS) is 17.3. The van der Waals surface area contributed by atoms with Crippen LogP contribution in [0.25, 0.3) is 16.3 Å². The molecule has 100 valence electrons. The second-order valence-corrected chi connectivity index (χ2v) is 6.15. The van der Waals surface area contributed by atoms with E-state index >= 15 is 0 Å². The Bertz CT molecular complexity index is 772. The van der Waals surface area contributed by atoms with Crippen LogP contribution in [0.15, 0.2) is 42.0 Å². The van der Waals surface area contributed by atoms with E-state index in [0.717, 1.165) is 0 Å². The summed E-state index contributed by atoms with van der Waals surface area (Å²) in [5.74, 6) is 0. The number of hydrogen-bond donors (Lipinski definition) is 0. The van der Waals surface area contributed by atoms with Crippen molar-refractivity contribution in [2.45, 2.75) is 39.5 Å². The second-order valence-electron chi connectivity index (χ2n) is 6.15. The van der Waals surface area contributed by atoms with Gasteiger partial charge in [-0.1, -0.05) is 42.0 Å². The summed E-state index contributed by atoms with van der Waals surface area (Å²) in [5.41, 5.74) is 9.06. The van der Waals surface area contributed by atoms with Crippen LogP contribution >= 0.6 is 0 Å². The Morgan fingerprint density at radius 2 is 1.70 bits per heavy atom. The topological polar surface area (TPSA) is 0 Å². The van der Waals surface area contributed by atoms with Gasteiger partial charge in [0.2, 0.25) is 0 Å². The first kappa shape index (κ1) is 12.0. The van der Waals surface area contributed by atoms with E-state index in [9.17, 15) is 0 Å². The fourth-order valence-electron chi connectivity index (χ4n) is 3.78. The maximum atomic E-state index is 2.36. The standard InChI is InChI=1S/C20H20/c1-13-7-9-18-16(14(13)2)11-12-19-17-6-4-3-5-15(17)8-10-20(18)19/h4,6-7,9,11-12H,3,5,8,10H2,1-2H3. The molecule has 0 unspecified atom stereocenters. The number of rotatable bonds is 0. The van der Waals surface area contributed by atoms with Crippen molar-refractivity contribution in [3.8, 4) is 0 Å². The minimum Gasteiger partial charge on any atom is -0.0836 e. The lowest BCUT2D eigenvalue weighted by molar-refractivity contribution is 0.831. The van der Waals surface area contributed by atoms with Gasteiger partial charge in [0, 0.05) is 0 Å². The second kappa shape index (κ2) is 4.34. The third kappa shape index (κ3) is 1.61. The number of fused-ring (bicyclic) bond motifs is 4. The summed E-state index contributed by atoms with van der Waals surface area (Å²) in [6.07, 6.45) is 9.62. The fraction of sp³-hybridized carbons (Fsp3) is 0.300. The molecule has 0 radical (unpaired) electrons. The minimum absolute atomic E-state index is 1.21. The molecular weight excluding hydrogens is 240 g/mol. The summed E-state index contributed by atoms with van der Waals surface area (Å²) in [6, 6.07) is 9.29. The molecule has 0 aromatic heterocycles. The predicted octanol–water partition coefficient (Wildman–Crippen LogP) is 5.51. The van der Waals surface area contributed by atoms with E-state index < -0.39 is 0 Å². The highest BCUT2D eigenvalue weighted by Gasteiger charge is 2.20. The van der Waals surface area contributed by atoms with Gasteiger partial charge in [-0.3, -0.25) is 0 Å². The Labute approximate surface area is 120 Å². The van der Waals surface area contributed by atoms with Crippen LogP contribution in [0.2, 0.25) is 0 Å². The van der Waals surface area contributed by atoms with Gasteiger partial charge in [-0.2, -0.15) is 0 Å². The van der Waals surface area contributed by atoms with Crippen molar-refractivity contribution < 1.29 is 0 Å². The molecule has 0 spiro atoms. The molecule has 2 aromatic rings. The van der Waals surface area contributed by atoms with Crippen molar-refractivity contribution >= 4 is 16.3 Å². The van der Waals surface area contributed by atoms with Crippen LogP contribution in [0.1, 0.15) is 41.5 Å². The minimum atomic E-state index is 1.21. The highest BCUT2D eigenvalue weighted by Crippen LogP contribution is 2.40. The van der Waals surface area contributed by atoms with Crippen molar-refractivity contribution in [3.05, 3.63) is 64.2 Å². The maximum absolute atomic E-state index is 2.36. The zero-order valence-electron chi connectivity index (χ0n) is 12.3. The average Bonchev–Trinajstić information content (AvgIpc) is 2.50. The van der Waals surface area contributed by atoms with Crippen molar-refractivity contribution in [2.75, 3.05) is 0 Å². The van der Waals surface area contributed by atoms with Crippen molar-refractivity contribution in [2.24, 2.45) is 0 Å². The summed E-state index contributed by atoms with van der Waals surface area (Å²) in [5, 5.41) is 2.91. The van der Waals surface area contributed by atoms with Gasteiger partial charge in [0.1, 0.15) is 0 Å². The number of aryl methyl sites for hydroxylation is 3. The Hall–Kier alpha value is -1.82. The summed E-state index contributed by atoms with van der Waals surface area (Å²) < 4.78 is 0. The largest absolute Gasteiger partial charge is 0.0836 e. The van der Waals surface area contributed by atoms with Gasteiger partial charge in [0.05, 0.1) is 0 Å². The van der Waals surface area contributed by atoms with Crippen molar-refractivity contribution in [1.82, 2.24) is 0 Å². The van der Waals surface area contributed by atoms with Gasteiger partial charge in [0.15, 0.2) is 0 Å². The summed E-state index contributed by atoms with van der Waals surface area (Å²) in [6.45, 7) is 4.46. The van der Waals surface area contributed by atoms with E-state index in [1.165, 1.54) is 58.7 Å². The van der Waals surface area contributed by atoms with Gasteiger partial charge in [0.25, 0.3) is 0 Å². The molecule has 4 rings (SSSR count). The van der Waals surface area contributed by atoms with E-state index in [4.69, 9.17) is 0 Å². The van der Waals surface area contributed by atoms with Gasteiger partial charge in [-0.15, -0.1) is 0 Å². The summed E-state index contributed by atoms with van der Waals surface area (Å²) in [4.78, 5) is 0. The summed E-state index contributed by atoms with van der Waals surface area (Å²) in [7, 11) is 0. The molecule has 0 atom stereocenters. The summed E-state index contributed by atoms with van der Waals surface area (Å²) >= 11 is 0. The van der Waals surface area contributed by atoms with Gasteiger partial charge >= 0.3 is 0 Å². The molecule has 2 aliphatic carbocycles. The van der Waals surface area contributed by atoms with Crippen LogP contribution < -0.4 is 0 Å². The van der Waals surface area contributed by atoms with Crippen LogP contribution in [-0.2, 0) is 6.42 Å².